The number of imidazole rings is 1. The topological polar surface area (TPSA) is 82.8 Å². The molecule has 1 aliphatic rings. The van der Waals surface area contributed by atoms with Crippen molar-refractivity contribution in [1.82, 2.24) is 24.8 Å². The number of hydrogen-bond donors (Lipinski definition) is 2. The molecule has 1 aliphatic heterocycles. The molecule has 2 aromatic rings. The number of amides is 2. The summed E-state index contributed by atoms with van der Waals surface area (Å²) in [5.74, 6) is 0. The Morgan fingerprint density at radius 3 is 2.90 bits per heavy atom. The summed E-state index contributed by atoms with van der Waals surface area (Å²) in [5.41, 5.74) is -0.184. The number of halogens is 2. The van der Waals surface area contributed by atoms with Gasteiger partial charge in [0, 0.05) is 13.1 Å². The maximum absolute atomic E-state index is 13.0. The van der Waals surface area contributed by atoms with Gasteiger partial charge >= 0.3 is 6.03 Å². The minimum absolute atomic E-state index is 0.0152. The van der Waals surface area contributed by atoms with Crippen LogP contribution in [0, 0.1) is 0 Å². The van der Waals surface area contributed by atoms with Gasteiger partial charge in [-0.1, -0.05) is 11.3 Å². The Labute approximate surface area is 115 Å². The highest BCUT2D eigenvalue weighted by Crippen LogP contribution is 2.27. The Morgan fingerprint density at radius 1 is 1.50 bits per heavy atom. The highest BCUT2D eigenvalue weighted by atomic mass is 32.1. The number of aliphatic hydroxyl groups excluding tert-OH is 1. The second-order valence-corrected chi connectivity index (χ2v) is 5.29. The zero-order chi connectivity index (χ0) is 14.3. The van der Waals surface area contributed by atoms with Crippen LogP contribution in [0.3, 0.4) is 0 Å². The van der Waals surface area contributed by atoms with Gasteiger partial charge in [-0.05, 0) is 0 Å². The molecular weight excluding hydrogens is 292 g/mol. The molecule has 2 aromatic heterocycles. The first kappa shape index (κ1) is 13.2. The molecule has 7 nitrogen and oxygen atoms in total. The van der Waals surface area contributed by atoms with E-state index in [1.54, 1.807) is 0 Å². The van der Waals surface area contributed by atoms with Crippen LogP contribution >= 0.6 is 11.3 Å². The Kier molecular flexibility index (Phi) is 3.26. The zero-order valence-electron chi connectivity index (χ0n) is 10.2. The lowest BCUT2D eigenvalue weighted by Gasteiger charge is -2.13. The van der Waals surface area contributed by atoms with Gasteiger partial charge in [-0.3, -0.25) is 0 Å². The number of aromatic nitrogens is 3. The average Bonchev–Trinajstić information content (AvgIpc) is 3.06. The van der Waals surface area contributed by atoms with Gasteiger partial charge in [0.1, 0.15) is 10.7 Å². The van der Waals surface area contributed by atoms with Crippen molar-refractivity contribution in [3.8, 4) is 0 Å². The van der Waals surface area contributed by atoms with E-state index < -0.39 is 6.43 Å². The summed E-state index contributed by atoms with van der Waals surface area (Å²) in [4.78, 5) is 17.1. The Balaban J connectivity index is 2.02. The summed E-state index contributed by atoms with van der Waals surface area (Å²) in [6.07, 6.45) is -2.73. The van der Waals surface area contributed by atoms with E-state index >= 15 is 0 Å². The summed E-state index contributed by atoms with van der Waals surface area (Å²) in [6.45, 7) is 0.679. The molecule has 2 amide bonds. The molecule has 0 spiro atoms. The largest absolute Gasteiger partial charge is 0.389 e. The molecule has 0 saturated carbocycles. The van der Waals surface area contributed by atoms with Gasteiger partial charge in [0.15, 0.2) is 0 Å². The van der Waals surface area contributed by atoms with Crippen LogP contribution in [0.2, 0.25) is 0 Å². The summed E-state index contributed by atoms with van der Waals surface area (Å²) in [6, 6.07) is -0.294. The predicted octanol–water partition coefficient (Wildman–Crippen LogP) is 0.746. The highest BCUT2D eigenvalue weighted by Gasteiger charge is 2.27. The molecular formula is C10H11F2N5O2S. The van der Waals surface area contributed by atoms with Crippen LogP contribution in [-0.2, 0) is 13.2 Å². The van der Waals surface area contributed by atoms with Crippen molar-refractivity contribution >= 4 is 22.3 Å². The maximum atomic E-state index is 13.0. The van der Waals surface area contributed by atoms with Gasteiger partial charge in [-0.25, -0.2) is 23.1 Å². The van der Waals surface area contributed by atoms with Crippen LogP contribution in [0.25, 0.3) is 4.96 Å². The molecule has 2 N–H and O–H groups in total. The molecule has 0 aliphatic carbocycles. The first-order valence-electron chi connectivity index (χ1n) is 5.89. The van der Waals surface area contributed by atoms with Crippen molar-refractivity contribution in [2.75, 3.05) is 13.1 Å². The molecule has 0 radical (unpaired) electrons. The van der Waals surface area contributed by atoms with Gasteiger partial charge < -0.3 is 15.3 Å². The van der Waals surface area contributed by atoms with Crippen molar-refractivity contribution in [3.63, 3.8) is 0 Å². The second kappa shape index (κ2) is 4.94. The van der Waals surface area contributed by atoms with E-state index in [0.29, 0.717) is 23.1 Å². The van der Waals surface area contributed by atoms with Crippen LogP contribution < -0.4 is 5.32 Å². The summed E-state index contributed by atoms with van der Waals surface area (Å²) >= 11 is 1.05. The number of rotatable bonds is 4. The number of nitrogens with one attached hydrogen (secondary N) is 1. The average molecular weight is 303 g/mol. The lowest BCUT2D eigenvalue weighted by molar-refractivity contribution is 0.144. The normalized spacial score (nSPS) is 15.6. The molecule has 108 valence electrons. The smallest absolute Gasteiger partial charge is 0.317 e. The first-order chi connectivity index (χ1) is 9.60. The van der Waals surface area contributed by atoms with Gasteiger partial charge in [0.25, 0.3) is 6.43 Å². The Hall–Kier alpha value is -1.81. The van der Waals surface area contributed by atoms with Crippen molar-refractivity contribution < 1.29 is 18.7 Å². The van der Waals surface area contributed by atoms with Crippen molar-refractivity contribution in [3.05, 3.63) is 16.4 Å². The third-order valence-electron chi connectivity index (χ3n) is 3.00. The molecule has 10 heteroatoms. The van der Waals surface area contributed by atoms with Crippen LogP contribution in [0.15, 0.2) is 0 Å². The number of aliphatic hydroxyl groups is 1. The number of alkyl halides is 2. The van der Waals surface area contributed by atoms with Crippen LogP contribution in [0.1, 0.15) is 22.8 Å². The molecule has 1 fully saturated rings. The molecule has 0 atom stereocenters. The van der Waals surface area contributed by atoms with Gasteiger partial charge in [0.2, 0.25) is 4.96 Å². The van der Waals surface area contributed by atoms with E-state index in [0.717, 1.165) is 11.3 Å². The molecule has 0 aromatic carbocycles. The fourth-order valence-corrected chi connectivity index (χ4v) is 2.85. The van der Waals surface area contributed by atoms with Crippen molar-refractivity contribution in [1.29, 1.82) is 0 Å². The quantitative estimate of drug-likeness (QED) is 0.873. The minimum Gasteiger partial charge on any atom is -0.389 e. The lowest BCUT2D eigenvalue weighted by Crippen LogP contribution is -2.28. The summed E-state index contributed by atoms with van der Waals surface area (Å²) in [7, 11) is 0. The van der Waals surface area contributed by atoms with E-state index in [1.807, 2.05) is 0 Å². The number of urea groups is 1. The first-order valence-corrected chi connectivity index (χ1v) is 6.70. The fraction of sp³-hybridized carbons (Fsp3) is 0.500. The predicted molar refractivity (Wildman–Crippen MR) is 65.6 cm³/mol. The molecule has 3 rings (SSSR count). The van der Waals surface area contributed by atoms with E-state index in [4.69, 9.17) is 5.11 Å². The van der Waals surface area contributed by atoms with Crippen molar-refractivity contribution in [2.24, 2.45) is 0 Å². The van der Waals surface area contributed by atoms with Crippen LogP contribution in [0.4, 0.5) is 13.6 Å². The molecule has 1 saturated heterocycles. The van der Waals surface area contributed by atoms with Gasteiger partial charge in [-0.15, -0.1) is 0 Å². The van der Waals surface area contributed by atoms with E-state index in [9.17, 15) is 13.6 Å². The summed E-state index contributed by atoms with van der Waals surface area (Å²) < 4.78 is 27.3. The van der Waals surface area contributed by atoms with Gasteiger partial charge in [0.05, 0.1) is 18.8 Å². The lowest BCUT2D eigenvalue weighted by atomic mass is 10.3. The zero-order valence-corrected chi connectivity index (χ0v) is 11.0. The molecule has 20 heavy (non-hydrogen) atoms. The molecule has 0 unspecified atom stereocenters. The van der Waals surface area contributed by atoms with E-state index in [-0.39, 0.29) is 30.6 Å². The second-order valence-electron chi connectivity index (χ2n) is 4.25. The highest BCUT2D eigenvalue weighted by molar-refractivity contribution is 7.16. The molecule has 0 bridgehead atoms. The SMILES string of the molecule is O=C1NCCN1Cc1c(C(F)F)nc2sc(CO)nn12. The number of carbonyl (C=O) groups excluding carboxylic acids is 1. The summed E-state index contributed by atoms with van der Waals surface area (Å²) in [5, 5.41) is 16.1. The Morgan fingerprint density at radius 2 is 2.30 bits per heavy atom. The third kappa shape index (κ3) is 2.10. The van der Waals surface area contributed by atoms with Gasteiger partial charge in [-0.2, -0.15) is 5.10 Å². The Bertz CT molecular complexity index is 655. The number of hydrogen-bond acceptors (Lipinski definition) is 5. The monoisotopic (exact) mass is 303 g/mol. The number of fused-ring (bicyclic) bond motifs is 1. The van der Waals surface area contributed by atoms with E-state index in [1.165, 1.54) is 9.42 Å². The van der Waals surface area contributed by atoms with Crippen LogP contribution in [0.5, 0.6) is 0 Å². The maximum Gasteiger partial charge on any atom is 0.317 e. The standard InChI is InChI=1S/C10H11F2N5O2S/c11-8(12)7-5(3-16-2-1-13-9(16)19)17-10(14-7)20-6(4-18)15-17/h8,18H,1-4H2,(H,13,19). The number of nitrogens with zero attached hydrogens (tertiary/aromatic N) is 4. The third-order valence-corrected chi connectivity index (χ3v) is 3.89. The number of carbonyl (C=O) groups is 1. The molecule has 3 heterocycles. The van der Waals surface area contributed by atoms with Crippen molar-refractivity contribution in [2.45, 2.75) is 19.6 Å². The van der Waals surface area contributed by atoms with E-state index in [2.05, 4.69) is 15.4 Å². The van der Waals surface area contributed by atoms with Crippen LogP contribution in [-0.4, -0.2) is 43.7 Å². The fourth-order valence-electron chi connectivity index (χ4n) is 2.07. The minimum atomic E-state index is -2.73.